The van der Waals surface area contributed by atoms with Crippen molar-refractivity contribution in [3.8, 4) is 0 Å². The molecule has 1 rings (SSSR count). The molecule has 0 bridgehead atoms. The normalized spacial score (nSPS) is 11.8. The Morgan fingerprint density at radius 3 is 2.25 bits per heavy atom. The lowest BCUT2D eigenvalue weighted by atomic mass is 10.1. The molecule has 16 heavy (non-hydrogen) atoms. The Bertz CT molecular complexity index is 424. The highest BCUT2D eigenvalue weighted by molar-refractivity contribution is 7.89. The van der Waals surface area contributed by atoms with Gasteiger partial charge in [0, 0.05) is 12.2 Å². The van der Waals surface area contributed by atoms with E-state index in [1.807, 2.05) is 0 Å². The fraction of sp³-hybridized carbons (Fsp3) is 0.455. The van der Waals surface area contributed by atoms with Crippen molar-refractivity contribution in [1.29, 1.82) is 0 Å². The third kappa shape index (κ3) is 4.20. The molecule has 0 fully saturated rings. The molecule has 0 aliphatic rings. The van der Waals surface area contributed by atoms with Gasteiger partial charge in [-0.1, -0.05) is 13.8 Å². The summed E-state index contributed by atoms with van der Waals surface area (Å²) in [5.74, 6) is 0.649. The van der Waals surface area contributed by atoms with Gasteiger partial charge < -0.3 is 5.32 Å². The van der Waals surface area contributed by atoms with Crippen LogP contribution < -0.4 is 10.5 Å². The zero-order chi connectivity index (χ0) is 12.2. The molecule has 0 atom stereocenters. The number of rotatable bonds is 5. The van der Waals surface area contributed by atoms with Gasteiger partial charge in [-0.25, -0.2) is 13.6 Å². The van der Waals surface area contributed by atoms with Crippen LogP contribution in [0.25, 0.3) is 0 Å². The number of sulfonamides is 1. The molecule has 4 nitrogen and oxygen atoms in total. The van der Waals surface area contributed by atoms with Gasteiger partial charge in [-0.2, -0.15) is 0 Å². The van der Waals surface area contributed by atoms with Gasteiger partial charge in [0.15, 0.2) is 0 Å². The number of benzene rings is 1. The minimum atomic E-state index is -3.58. The first-order valence-corrected chi connectivity index (χ1v) is 6.81. The lowest BCUT2D eigenvalue weighted by Gasteiger charge is -2.08. The van der Waals surface area contributed by atoms with Crippen molar-refractivity contribution in [1.82, 2.24) is 0 Å². The maximum absolute atomic E-state index is 11.0. The largest absolute Gasteiger partial charge is 0.385 e. The van der Waals surface area contributed by atoms with Crippen molar-refractivity contribution in [3.05, 3.63) is 24.3 Å². The molecule has 0 aliphatic heterocycles. The number of anilines is 1. The van der Waals surface area contributed by atoms with E-state index in [2.05, 4.69) is 19.2 Å². The van der Waals surface area contributed by atoms with Crippen LogP contribution in [0.3, 0.4) is 0 Å². The van der Waals surface area contributed by atoms with Crippen molar-refractivity contribution in [2.24, 2.45) is 11.1 Å². The van der Waals surface area contributed by atoms with Gasteiger partial charge in [0.1, 0.15) is 0 Å². The molecule has 0 heterocycles. The number of primary sulfonamides is 1. The van der Waals surface area contributed by atoms with Crippen molar-refractivity contribution in [2.75, 3.05) is 11.9 Å². The van der Waals surface area contributed by atoms with Crippen molar-refractivity contribution >= 4 is 15.7 Å². The minimum Gasteiger partial charge on any atom is -0.385 e. The SMILES string of the molecule is CC(C)CCNc1ccc(S(N)(=O)=O)cc1. The Labute approximate surface area is 96.9 Å². The molecule has 90 valence electrons. The molecule has 1 aromatic carbocycles. The maximum Gasteiger partial charge on any atom is 0.238 e. The Morgan fingerprint density at radius 2 is 1.81 bits per heavy atom. The Morgan fingerprint density at radius 1 is 1.25 bits per heavy atom. The lowest BCUT2D eigenvalue weighted by molar-refractivity contribution is 0.598. The number of nitrogens with one attached hydrogen (secondary N) is 1. The third-order valence-electron chi connectivity index (χ3n) is 2.23. The van der Waals surface area contributed by atoms with Crippen LogP contribution in [-0.2, 0) is 10.0 Å². The highest BCUT2D eigenvalue weighted by atomic mass is 32.2. The molecule has 5 heteroatoms. The zero-order valence-electron chi connectivity index (χ0n) is 9.60. The van der Waals surface area contributed by atoms with Gasteiger partial charge in [0.2, 0.25) is 10.0 Å². The van der Waals surface area contributed by atoms with Gasteiger partial charge >= 0.3 is 0 Å². The second-order valence-corrected chi connectivity index (χ2v) is 5.74. The molecule has 0 aromatic heterocycles. The first kappa shape index (κ1) is 13.0. The zero-order valence-corrected chi connectivity index (χ0v) is 10.4. The molecule has 1 aromatic rings. The fourth-order valence-corrected chi connectivity index (χ4v) is 1.78. The van der Waals surface area contributed by atoms with Gasteiger partial charge in [-0.15, -0.1) is 0 Å². The van der Waals surface area contributed by atoms with E-state index in [0.717, 1.165) is 18.7 Å². The summed E-state index contributed by atoms with van der Waals surface area (Å²) in [6, 6.07) is 6.46. The average Bonchev–Trinajstić information content (AvgIpc) is 2.16. The van der Waals surface area contributed by atoms with Crippen LogP contribution in [0, 0.1) is 5.92 Å². The molecule has 0 spiro atoms. The summed E-state index contributed by atoms with van der Waals surface area (Å²) in [6.45, 7) is 5.20. The molecular formula is C11H18N2O2S. The predicted octanol–water partition coefficient (Wildman–Crippen LogP) is 1.79. The first-order chi connectivity index (χ1) is 7.39. The van der Waals surface area contributed by atoms with Crippen molar-refractivity contribution in [3.63, 3.8) is 0 Å². The molecule has 0 unspecified atom stereocenters. The van der Waals surface area contributed by atoms with E-state index in [0.29, 0.717) is 5.92 Å². The van der Waals surface area contributed by atoms with E-state index in [1.54, 1.807) is 12.1 Å². The summed E-state index contributed by atoms with van der Waals surface area (Å²) in [5, 5.41) is 8.22. The highest BCUT2D eigenvalue weighted by Gasteiger charge is 2.06. The van der Waals surface area contributed by atoms with Crippen LogP contribution in [0.4, 0.5) is 5.69 Å². The molecular weight excluding hydrogens is 224 g/mol. The van der Waals surface area contributed by atoms with Crippen LogP contribution in [0.15, 0.2) is 29.2 Å². The second kappa shape index (κ2) is 5.32. The quantitative estimate of drug-likeness (QED) is 0.827. The van der Waals surface area contributed by atoms with Gasteiger partial charge in [0.05, 0.1) is 4.90 Å². The number of nitrogens with two attached hydrogens (primary N) is 1. The number of hydrogen-bond acceptors (Lipinski definition) is 3. The summed E-state index contributed by atoms with van der Waals surface area (Å²) < 4.78 is 22.0. The molecule has 0 saturated carbocycles. The smallest absolute Gasteiger partial charge is 0.238 e. The van der Waals surface area contributed by atoms with E-state index >= 15 is 0 Å². The van der Waals surface area contributed by atoms with E-state index < -0.39 is 10.0 Å². The monoisotopic (exact) mass is 242 g/mol. The van der Waals surface area contributed by atoms with Crippen LogP contribution >= 0.6 is 0 Å². The summed E-state index contributed by atoms with van der Waals surface area (Å²) in [7, 11) is -3.58. The second-order valence-electron chi connectivity index (χ2n) is 4.18. The lowest BCUT2D eigenvalue weighted by Crippen LogP contribution is -2.12. The van der Waals surface area contributed by atoms with Crippen LogP contribution in [-0.4, -0.2) is 15.0 Å². The Kier molecular flexibility index (Phi) is 4.32. The van der Waals surface area contributed by atoms with Crippen LogP contribution in [0.1, 0.15) is 20.3 Å². The van der Waals surface area contributed by atoms with Crippen LogP contribution in [0.5, 0.6) is 0 Å². The average molecular weight is 242 g/mol. The van der Waals surface area contributed by atoms with Crippen LogP contribution in [0.2, 0.25) is 0 Å². The fourth-order valence-electron chi connectivity index (χ4n) is 1.27. The van der Waals surface area contributed by atoms with Gasteiger partial charge in [-0.05, 0) is 36.6 Å². The summed E-state index contributed by atoms with van der Waals surface area (Å²) in [6.07, 6.45) is 1.08. The Balaban J connectivity index is 2.59. The third-order valence-corrected chi connectivity index (χ3v) is 3.16. The van der Waals surface area contributed by atoms with E-state index in [-0.39, 0.29) is 4.90 Å². The van der Waals surface area contributed by atoms with Crippen molar-refractivity contribution < 1.29 is 8.42 Å². The van der Waals surface area contributed by atoms with E-state index in [1.165, 1.54) is 12.1 Å². The standard InChI is InChI=1S/C11H18N2O2S/c1-9(2)7-8-13-10-3-5-11(6-4-10)16(12,14)15/h3-6,9,13H,7-8H2,1-2H3,(H2,12,14,15). The molecule has 0 saturated heterocycles. The first-order valence-electron chi connectivity index (χ1n) is 5.26. The summed E-state index contributed by atoms with van der Waals surface area (Å²) >= 11 is 0. The Hall–Kier alpha value is -1.07. The maximum atomic E-state index is 11.0. The van der Waals surface area contributed by atoms with E-state index in [9.17, 15) is 8.42 Å². The summed E-state index contributed by atoms with van der Waals surface area (Å²) in [5.41, 5.74) is 0.910. The topological polar surface area (TPSA) is 72.2 Å². The molecule has 0 radical (unpaired) electrons. The van der Waals surface area contributed by atoms with Gasteiger partial charge in [-0.3, -0.25) is 0 Å². The molecule has 0 amide bonds. The predicted molar refractivity (Wildman–Crippen MR) is 65.8 cm³/mol. The molecule has 0 aliphatic carbocycles. The van der Waals surface area contributed by atoms with Crippen molar-refractivity contribution in [2.45, 2.75) is 25.2 Å². The minimum absolute atomic E-state index is 0.141. The summed E-state index contributed by atoms with van der Waals surface area (Å²) in [4.78, 5) is 0.141. The highest BCUT2D eigenvalue weighted by Crippen LogP contribution is 2.13. The van der Waals surface area contributed by atoms with Gasteiger partial charge in [0.25, 0.3) is 0 Å². The molecule has 3 N–H and O–H groups in total. The number of hydrogen-bond donors (Lipinski definition) is 2. The van der Waals surface area contributed by atoms with E-state index in [4.69, 9.17) is 5.14 Å².